The van der Waals surface area contributed by atoms with E-state index in [4.69, 9.17) is 27.2 Å². The number of aliphatic carboxylic acids is 1. The highest BCUT2D eigenvalue weighted by Crippen LogP contribution is 2.40. The van der Waals surface area contributed by atoms with Crippen LogP contribution in [0.5, 0.6) is 5.75 Å². The Morgan fingerprint density at radius 2 is 1.76 bits per heavy atom. The predicted molar refractivity (Wildman–Crippen MR) is 132 cm³/mol. The quantitative estimate of drug-likeness (QED) is 0.255. The zero-order valence-corrected chi connectivity index (χ0v) is 20.6. The Labute approximate surface area is 220 Å². The first-order valence-corrected chi connectivity index (χ1v) is 11.8. The zero-order chi connectivity index (χ0) is 27.8. The molecule has 2 heterocycles. The fraction of sp³-hybridized carbons (Fsp3) is 0.120. The first-order valence-electron chi connectivity index (χ1n) is 10.6. The van der Waals surface area contributed by atoms with Crippen LogP contribution in [0.3, 0.4) is 0 Å². The molecule has 0 aliphatic carbocycles. The molecule has 198 valence electrons. The molecule has 0 aliphatic heterocycles. The third kappa shape index (κ3) is 5.65. The predicted octanol–water partition coefficient (Wildman–Crippen LogP) is 6.29. The van der Waals surface area contributed by atoms with Crippen LogP contribution < -0.4 is 16.0 Å². The van der Waals surface area contributed by atoms with Crippen molar-refractivity contribution in [3.8, 4) is 26.8 Å². The van der Waals surface area contributed by atoms with E-state index in [1.54, 1.807) is 12.1 Å². The Bertz CT molecular complexity index is 1600. The van der Waals surface area contributed by atoms with Crippen molar-refractivity contribution in [3.05, 3.63) is 92.7 Å². The van der Waals surface area contributed by atoms with Gasteiger partial charge < -0.3 is 20.1 Å². The number of nitrogens with two attached hydrogens (primary N) is 1. The largest absolute Gasteiger partial charge is 0.480 e. The lowest BCUT2D eigenvalue weighted by molar-refractivity contribution is -0.139. The van der Waals surface area contributed by atoms with E-state index >= 15 is 0 Å². The molecule has 0 saturated heterocycles. The van der Waals surface area contributed by atoms with Gasteiger partial charge in [0.25, 0.3) is 5.56 Å². The van der Waals surface area contributed by atoms with Crippen molar-refractivity contribution in [1.29, 1.82) is 0 Å². The van der Waals surface area contributed by atoms with E-state index in [2.05, 4.69) is 0 Å². The molecule has 4 aromatic rings. The van der Waals surface area contributed by atoms with Crippen LogP contribution in [0.25, 0.3) is 21.0 Å². The number of carboxylic acid groups (broad SMARTS) is 1. The zero-order valence-electron chi connectivity index (χ0n) is 19.0. The lowest BCUT2D eigenvalue weighted by atomic mass is 10.1. The van der Waals surface area contributed by atoms with Crippen molar-refractivity contribution in [2.75, 3.05) is 12.3 Å². The summed E-state index contributed by atoms with van der Waals surface area (Å²) in [5.74, 6) is -2.90. The van der Waals surface area contributed by atoms with Crippen LogP contribution in [0, 0.1) is 11.6 Å². The number of alkyl halides is 3. The van der Waals surface area contributed by atoms with Gasteiger partial charge in [-0.25, -0.2) is 13.6 Å². The lowest BCUT2D eigenvalue weighted by Gasteiger charge is -2.17. The summed E-state index contributed by atoms with van der Waals surface area (Å²) in [7, 11) is 0. The Kier molecular flexibility index (Phi) is 7.47. The fourth-order valence-electron chi connectivity index (χ4n) is 3.62. The van der Waals surface area contributed by atoms with Gasteiger partial charge in [0, 0.05) is 16.5 Å². The smallest absolute Gasteiger partial charge is 0.418 e. The monoisotopic (exact) mass is 570 g/mol. The second-order valence-corrected chi connectivity index (χ2v) is 9.46. The summed E-state index contributed by atoms with van der Waals surface area (Å²) >= 11 is 7.20. The minimum Gasteiger partial charge on any atom is -0.480 e. The molecule has 0 radical (unpaired) electrons. The van der Waals surface area contributed by atoms with Gasteiger partial charge in [0.2, 0.25) is 0 Å². The maximum atomic E-state index is 14.3. The molecule has 38 heavy (non-hydrogen) atoms. The van der Waals surface area contributed by atoms with Gasteiger partial charge in [0.05, 0.1) is 27.7 Å². The van der Waals surface area contributed by atoms with Gasteiger partial charge in [-0.05, 0) is 48.0 Å². The number of anilines is 1. The summed E-state index contributed by atoms with van der Waals surface area (Å²) in [4.78, 5) is 24.4. The van der Waals surface area contributed by atoms with Crippen molar-refractivity contribution < 1.29 is 36.6 Å². The molecule has 0 spiro atoms. The summed E-state index contributed by atoms with van der Waals surface area (Å²) in [6.07, 6.45) is -4.93. The normalized spacial score (nSPS) is 11.5. The highest BCUT2D eigenvalue weighted by molar-refractivity contribution is 7.18. The first-order chi connectivity index (χ1) is 17.8. The number of nitrogen functional groups attached to an aromatic ring is 1. The lowest BCUT2D eigenvalue weighted by Crippen LogP contribution is -2.28. The summed E-state index contributed by atoms with van der Waals surface area (Å²) in [6, 6.07) is 10.9. The summed E-state index contributed by atoms with van der Waals surface area (Å²) in [6.45, 7) is -1.11. The van der Waals surface area contributed by atoms with Crippen LogP contribution in [-0.2, 0) is 17.5 Å². The number of halogens is 6. The average Bonchev–Trinajstić information content (AvgIpc) is 3.32. The molecule has 2 aromatic carbocycles. The third-order valence-electron chi connectivity index (χ3n) is 5.41. The van der Waals surface area contributed by atoms with Crippen LogP contribution in [-0.4, -0.2) is 22.2 Å². The third-order valence-corrected chi connectivity index (χ3v) is 6.86. The maximum absolute atomic E-state index is 14.3. The molecule has 0 bridgehead atoms. The second kappa shape index (κ2) is 10.5. The average molecular weight is 571 g/mol. The molecule has 3 N–H and O–H groups in total. The van der Waals surface area contributed by atoms with Crippen molar-refractivity contribution >= 4 is 34.6 Å². The molecule has 0 fully saturated rings. The number of hydrogen-bond donors (Lipinski definition) is 2. The molecular weight excluding hydrogens is 555 g/mol. The number of thiophene rings is 1. The summed E-state index contributed by atoms with van der Waals surface area (Å²) < 4.78 is 74.7. The van der Waals surface area contributed by atoms with E-state index in [-0.39, 0.29) is 26.9 Å². The molecule has 0 unspecified atom stereocenters. The highest BCUT2D eigenvalue weighted by atomic mass is 35.5. The van der Waals surface area contributed by atoms with Gasteiger partial charge in [0.15, 0.2) is 6.61 Å². The van der Waals surface area contributed by atoms with Crippen LogP contribution >= 0.6 is 22.9 Å². The van der Waals surface area contributed by atoms with E-state index in [1.165, 1.54) is 18.2 Å². The molecule has 0 atom stereocenters. The highest BCUT2D eigenvalue weighted by Gasteiger charge is 2.36. The van der Waals surface area contributed by atoms with Gasteiger partial charge in [0.1, 0.15) is 23.1 Å². The molecule has 6 nitrogen and oxygen atoms in total. The number of rotatable bonds is 7. The Morgan fingerprint density at radius 3 is 2.39 bits per heavy atom. The summed E-state index contributed by atoms with van der Waals surface area (Å²) in [5, 5.41) is 8.86. The van der Waals surface area contributed by atoms with Crippen molar-refractivity contribution in [1.82, 2.24) is 4.57 Å². The molecule has 4 rings (SSSR count). The van der Waals surface area contributed by atoms with Gasteiger partial charge in [-0.3, -0.25) is 4.79 Å². The maximum Gasteiger partial charge on any atom is 0.418 e. The van der Waals surface area contributed by atoms with Crippen LogP contribution in [0.2, 0.25) is 5.02 Å². The molecule has 0 amide bonds. The van der Waals surface area contributed by atoms with Crippen molar-refractivity contribution in [3.63, 3.8) is 0 Å². The number of aromatic nitrogens is 1. The molecule has 2 aromatic heterocycles. The second-order valence-electron chi connectivity index (χ2n) is 7.97. The van der Waals surface area contributed by atoms with E-state index in [9.17, 15) is 31.5 Å². The Morgan fingerprint density at radius 1 is 1.05 bits per heavy atom. The number of carboxylic acids is 1. The van der Waals surface area contributed by atoms with Crippen LogP contribution in [0.4, 0.5) is 27.6 Å². The standard InChI is InChI=1S/C25H16ClF5N2O4S/c26-16-7-12(2-4-19(16)37-11-22(34)35)20-5-6-21(38-20)18-9-15(25(29,30)31)23(32)24(36)33(18)10-13-1-3-14(27)8-17(13)28/h1-9H,10-11,32H2,(H,34,35). The minimum absolute atomic E-state index is 0.106. The molecule has 0 saturated carbocycles. The minimum atomic E-state index is -4.93. The first kappa shape index (κ1) is 27.1. The van der Waals surface area contributed by atoms with E-state index in [1.807, 2.05) is 0 Å². The van der Waals surface area contributed by atoms with E-state index < -0.39 is 53.7 Å². The number of nitrogens with zero attached hydrogens (tertiary/aromatic N) is 1. The number of pyridine rings is 1. The van der Waals surface area contributed by atoms with Gasteiger partial charge in [-0.1, -0.05) is 17.7 Å². The molecular formula is C25H16ClF5N2O4S. The molecule has 13 heteroatoms. The van der Waals surface area contributed by atoms with Gasteiger partial charge >= 0.3 is 12.1 Å². The number of hydrogen-bond acceptors (Lipinski definition) is 5. The van der Waals surface area contributed by atoms with Crippen molar-refractivity contribution in [2.24, 2.45) is 0 Å². The van der Waals surface area contributed by atoms with Crippen LogP contribution in [0.15, 0.2) is 59.4 Å². The summed E-state index contributed by atoms with van der Waals surface area (Å²) in [5.41, 5.74) is 2.19. The number of benzene rings is 2. The van der Waals surface area contributed by atoms with E-state index in [0.717, 1.165) is 28.0 Å². The van der Waals surface area contributed by atoms with Gasteiger partial charge in [-0.15, -0.1) is 11.3 Å². The van der Waals surface area contributed by atoms with Crippen molar-refractivity contribution in [2.45, 2.75) is 12.7 Å². The molecule has 0 aliphatic rings. The van der Waals surface area contributed by atoms with Gasteiger partial charge in [-0.2, -0.15) is 13.2 Å². The Hall–Kier alpha value is -3.90. The topological polar surface area (TPSA) is 94.5 Å². The SMILES string of the molecule is Nc1c(C(F)(F)F)cc(-c2ccc(-c3ccc(OCC(=O)O)c(Cl)c3)s2)n(Cc2ccc(F)cc2F)c1=O. The number of carbonyl (C=O) groups is 1. The van der Waals surface area contributed by atoms with E-state index in [0.29, 0.717) is 22.6 Å². The Balaban J connectivity index is 1.80. The number of ether oxygens (including phenoxy) is 1. The fourth-order valence-corrected chi connectivity index (χ4v) is 4.88. The van der Waals surface area contributed by atoms with Crippen LogP contribution in [0.1, 0.15) is 11.1 Å².